The molecule has 1 aliphatic heterocycles. The van der Waals surface area contributed by atoms with Gasteiger partial charge in [0.15, 0.2) is 0 Å². The molecule has 1 aromatic carbocycles. The van der Waals surface area contributed by atoms with E-state index in [1.807, 2.05) is 0 Å². The van der Waals surface area contributed by atoms with Gasteiger partial charge in [0.2, 0.25) is 0 Å². The number of carboxylic acids is 1. The predicted molar refractivity (Wildman–Crippen MR) is 92.4 cm³/mol. The molecule has 0 bridgehead atoms. The summed E-state index contributed by atoms with van der Waals surface area (Å²) in [6.45, 7) is 3.93. The second kappa shape index (κ2) is 6.78. The molecule has 138 valence electrons. The van der Waals surface area contributed by atoms with Crippen molar-refractivity contribution in [1.29, 1.82) is 0 Å². The van der Waals surface area contributed by atoms with E-state index in [0.717, 1.165) is 0 Å². The van der Waals surface area contributed by atoms with Gasteiger partial charge in [-0.05, 0) is 44.0 Å². The molecule has 1 saturated heterocycles. The van der Waals surface area contributed by atoms with Crippen LogP contribution in [0.3, 0.4) is 0 Å². The largest absolute Gasteiger partial charge is 0.481 e. The van der Waals surface area contributed by atoms with Crippen LogP contribution in [-0.2, 0) is 4.79 Å². The third-order valence-corrected chi connectivity index (χ3v) is 4.84. The number of carboxylic acid groups (broad SMARTS) is 1. The molecule has 1 unspecified atom stereocenters. The maximum absolute atomic E-state index is 14.4. The van der Waals surface area contributed by atoms with Crippen molar-refractivity contribution >= 4 is 12.0 Å². The van der Waals surface area contributed by atoms with Gasteiger partial charge >= 0.3 is 12.0 Å². The third-order valence-electron chi connectivity index (χ3n) is 4.84. The first-order valence-electron chi connectivity index (χ1n) is 8.38. The lowest BCUT2D eigenvalue weighted by molar-refractivity contribution is -0.147. The monoisotopic (exact) mass is 360 g/mol. The summed E-state index contributed by atoms with van der Waals surface area (Å²) < 4.78 is 15.8. The summed E-state index contributed by atoms with van der Waals surface area (Å²) in [6, 6.07) is 5.65. The van der Waals surface area contributed by atoms with Gasteiger partial charge in [0.25, 0.3) is 0 Å². The summed E-state index contributed by atoms with van der Waals surface area (Å²) in [5.74, 6) is -1.34. The maximum atomic E-state index is 14.4. The van der Waals surface area contributed by atoms with E-state index in [2.05, 4.69) is 10.4 Å². The standard InChI is InChI=1S/C18H21FN4O3/c1-12(21-17(26)22-9-6-18(2,11-22)16(24)25)13-4-5-15(14(19)10-13)23-8-3-7-20-23/h3-5,7-8,10,12H,6,9,11H2,1-2H3,(H,21,26)(H,24,25)/t12-,18?/m1/s1. The topological polar surface area (TPSA) is 87.5 Å². The number of likely N-dealkylation sites (tertiary alicyclic amines) is 1. The number of hydrogen-bond donors (Lipinski definition) is 2. The number of aromatic nitrogens is 2. The van der Waals surface area contributed by atoms with Crippen LogP contribution in [0.4, 0.5) is 9.18 Å². The van der Waals surface area contributed by atoms with Crippen molar-refractivity contribution in [2.75, 3.05) is 13.1 Å². The number of hydrogen-bond acceptors (Lipinski definition) is 3. The summed E-state index contributed by atoms with van der Waals surface area (Å²) in [6.07, 6.45) is 3.63. The van der Waals surface area contributed by atoms with Crippen LogP contribution in [0, 0.1) is 11.2 Å². The molecule has 0 saturated carbocycles. The highest BCUT2D eigenvalue weighted by Crippen LogP contribution is 2.30. The molecule has 2 amide bonds. The Labute approximate surface area is 150 Å². The van der Waals surface area contributed by atoms with E-state index < -0.39 is 23.2 Å². The normalized spacial score (nSPS) is 20.8. The number of urea groups is 1. The molecule has 1 fully saturated rings. The van der Waals surface area contributed by atoms with Gasteiger partial charge in [-0.1, -0.05) is 6.07 Å². The minimum absolute atomic E-state index is 0.160. The fourth-order valence-corrected chi connectivity index (χ4v) is 3.06. The third kappa shape index (κ3) is 3.40. The summed E-state index contributed by atoms with van der Waals surface area (Å²) in [7, 11) is 0. The fraction of sp³-hybridized carbons (Fsp3) is 0.389. The van der Waals surface area contributed by atoms with Gasteiger partial charge in [-0.15, -0.1) is 0 Å². The Morgan fingerprint density at radius 1 is 1.42 bits per heavy atom. The smallest absolute Gasteiger partial charge is 0.317 e. The van der Waals surface area contributed by atoms with Crippen LogP contribution in [0.2, 0.25) is 0 Å². The van der Waals surface area contributed by atoms with Crippen molar-refractivity contribution in [2.45, 2.75) is 26.3 Å². The zero-order valence-electron chi connectivity index (χ0n) is 14.6. The van der Waals surface area contributed by atoms with E-state index in [0.29, 0.717) is 24.2 Å². The second-order valence-corrected chi connectivity index (χ2v) is 6.87. The Bertz CT molecular complexity index is 824. The van der Waals surface area contributed by atoms with Crippen LogP contribution in [0.5, 0.6) is 0 Å². The molecule has 8 heteroatoms. The van der Waals surface area contributed by atoms with E-state index in [9.17, 15) is 19.1 Å². The van der Waals surface area contributed by atoms with Gasteiger partial charge in [-0.2, -0.15) is 5.10 Å². The van der Waals surface area contributed by atoms with Crippen LogP contribution in [-0.4, -0.2) is 44.9 Å². The molecule has 0 spiro atoms. The Morgan fingerprint density at radius 2 is 2.19 bits per heavy atom. The molecule has 7 nitrogen and oxygen atoms in total. The van der Waals surface area contributed by atoms with Gasteiger partial charge in [-0.25, -0.2) is 13.9 Å². The quantitative estimate of drug-likeness (QED) is 0.877. The highest BCUT2D eigenvalue weighted by molar-refractivity contribution is 5.79. The SMILES string of the molecule is C[C@@H](NC(=O)N1CCC(C)(C(=O)O)C1)c1ccc(-n2cccn2)c(F)c1. The molecule has 3 rings (SSSR count). The molecule has 1 aromatic heterocycles. The van der Waals surface area contributed by atoms with Gasteiger partial charge in [-0.3, -0.25) is 4.79 Å². The van der Waals surface area contributed by atoms with E-state index in [4.69, 9.17) is 0 Å². The number of benzene rings is 1. The second-order valence-electron chi connectivity index (χ2n) is 6.87. The van der Waals surface area contributed by atoms with Crippen LogP contribution in [0.15, 0.2) is 36.7 Å². The number of nitrogens with one attached hydrogen (secondary N) is 1. The van der Waals surface area contributed by atoms with Crippen molar-refractivity contribution in [3.63, 3.8) is 0 Å². The number of rotatable bonds is 4. The van der Waals surface area contributed by atoms with Crippen molar-refractivity contribution in [3.8, 4) is 5.69 Å². The highest BCUT2D eigenvalue weighted by Gasteiger charge is 2.42. The molecular formula is C18H21FN4O3. The predicted octanol–water partition coefficient (Wildman–Crippen LogP) is 2.58. The fourth-order valence-electron chi connectivity index (χ4n) is 3.06. The van der Waals surface area contributed by atoms with Gasteiger partial charge in [0, 0.05) is 25.5 Å². The maximum Gasteiger partial charge on any atom is 0.317 e. The van der Waals surface area contributed by atoms with E-state index in [1.165, 1.54) is 15.6 Å². The summed E-state index contributed by atoms with van der Waals surface area (Å²) in [5, 5.41) is 16.1. The van der Waals surface area contributed by atoms with Crippen molar-refractivity contribution in [1.82, 2.24) is 20.0 Å². The summed E-state index contributed by atoms with van der Waals surface area (Å²) in [5.41, 5.74) is 0.0268. The van der Waals surface area contributed by atoms with Crippen LogP contribution in [0.1, 0.15) is 31.9 Å². The van der Waals surface area contributed by atoms with E-state index in [1.54, 1.807) is 44.4 Å². The molecule has 0 radical (unpaired) electrons. The molecule has 26 heavy (non-hydrogen) atoms. The number of halogens is 1. The molecular weight excluding hydrogens is 339 g/mol. The highest BCUT2D eigenvalue weighted by atomic mass is 19.1. The zero-order valence-corrected chi connectivity index (χ0v) is 14.6. The van der Waals surface area contributed by atoms with Gasteiger partial charge in [0.05, 0.1) is 11.5 Å². The first-order chi connectivity index (χ1) is 12.3. The van der Waals surface area contributed by atoms with Gasteiger partial charge in [0.1, 0.15) is 11.5 Å². The Kier molecular flexibility index (Phi) is 4.67. The first kappa shape index (κ1) is 17.9. The number of carbonyl (C=O) groups is 2. The minimum atomic E-state index is -0.919. The lowest BCUT2D eigenvalue weighted by atomic mass is 9.90. The molecule has 2 atom stereocenters. The number of aliphatic carboxylic acids is 1. The van der Waals surface area contributed by atoms with Crippen molar-refractivity contribution in [2.24, 2.45) is 5.41 Å². The number of carbonyl (C=O) groups excluding carboxylic acids is 1. The van der Waals surface area contributed by atoms with Crippen LogP contribution >= 0.6 is 0 Å². The zero-order chi connectivity index (χ0) is 18.9. The average Bonchev–Trinajstić information content (AvgIpc) is 3.25. The Morgan fingerprint density at radius 3 is 2.77 bits per heavy atom. The molecule has 2 heterocycles. The summed E-state index contributed by atoms with van der Waals surface area (Å²) >= 11 is 0. The number of nitrogens with zero attached hydrogens (tertiary/aromatic N) is 3. The molecule has 0 aliphatic carbocycles. The number of amides is 2. The van der Waals surface area contributed by atoms with Crippen molar-refractivity contribution < 1.29 is 19.1 Å². The Balaban J connectivity index is 1.67. The molecule has 2 aromatic rings. The van der Waals surface area contributed by atoms with Crippen LogP contribution < -0.4 is 5.32 Å². The van der Waals surface area contributed by atoms with Gasteiger partial charge < -0.3 is 15.3 Å². The molecule has 2 N–H and O–H groups in total. The van der Waals surface area contributed by atoms with Crippen molar-refractivity contribution in [3.05, 3.63) is 48.0 Å². The van der Waals surface area contributed by atoms with Crippen LogP contribution in [0.25, 0.3) is 5.69 Å². The minimum Gasteiger partial charge on any atom is -0.481 e. The average molecular weight is 360 g/mol. The molecule has 1 aliphatic rings. The lowest BCUT2D eigenvalue weighted by Gasteiger charge is -2.23. The van der Waals surface area contributed by atoms with E-state index >= 15 is 0 Å². The first-order valence-corrected chi connectivity index (χ1v) is 8.38. The summed E-state index contributed by atoms with van der Waals surface area (Å²) in [4.78, 5) is 25.2. The Hall–Kier alpha value is -2.90. The van der Waals surface area contributed by atoms with E-state index in [-0.39, 0.29) is 12.6 Å². The lowest BCUT2D eigenvalue weighted by Crippen LogP contribution is -2.41.